The van der Waals surface area contributed by atoms with Gasteiger partial charge in [0.1, 0.15) is 0 Å². The van der Waals surface area contributed by atoms with Crippen molar-refractivity contribution >= 4 is 0 Å². The van der Waals surface area contributed by atoms with Crippen LogP contribution in [-0.2, 0) is 0 Å². The summed E-state index contributed by atoms with van der Waals surface area (Å²) in [7, 11) is 2.50. The zero-order chi connectivity index (χ0) is 11.3. The number of rotatable bonds is 1. The van der Waals surface area contributed by atoms with Gasteiger partial charge in [-0.2, -0.15) is 0 Å². The minimum absolute atomic E-state index is 0.528. The highest BCUT2D eigenvalue weighted by Gasteiger charge is 2.52. The highest BCUT2D eigenvalue weighted by Crippen LogP contribution is 2.48. The van der Waals surface area contributed by atoms with Crippen molar-refractivity contribution in [1.82, 2.24) is 0 Å². The second-order valence-electron chi connectivity index (χ2n) is 7.08. The minimum Gasteiger partial charge on any atom is -0.321 e. The number of hydrogen-bond acceptors (Lipinski definition) is 0. The molecule has 2 heterocycles. The van der Waals surface area contributed by atoms with E-state index in [1.807, 2.05) is 0 Å². The van der Waals surface area contributed by atoms with Crippen molar-refractivity contribution in [3.8, 4) is 0 Å². The first-order valence-electron chi connectivity index (χ1n) is 6.73. The van der Waals surface area contributed by atoms with Crippen LogP contribution in [0.25, 0.3) is 0 Å². The normalized spacial score (nSPS) is 45.8. The van der Waals surface area contributed by atoms with E-state index in [4.69, 9.17) is 0 Å². The average molecular weight is 210 g/mol. The Labute approximate surface area is 95.4 Å². The fourth-order valence-corrected chi connectivity index (χ4v) is 3.97. The van der Waals surface area contributed by atoms with Gasteiger partial charge >= 0.3 is 0 Å². The maximum Gasteiger partial charge on any atom is 0.0895 e. The third-order valence-electron chi connectivity index (χ3n) is 5.52. The third-order valence-corrected chi connectivity index (χ3v) is 5.52. The number of nitrogens with zero attached hydrogens (tertiary/aromatic N) is 1. The first-order valence-corrected chi connectivity index (χ1v) is 6.73. The molecule has 0 aromatic heterocycles. The van der Waals surface area contributed by atoms with Gasteiger partial charge in [0.2, 0.25) is 0 Å². The van der Waals surface area contributed by atoms with Crippen LogP contribution in [0.1, 0.15) is 53.4 Å². The smallest absolute Gasteiger partial charge is 0.0895 e. The SMILES string of the molecule is CC[N+]1(C)C2CCC1CC(C(C)(C)C)C2. The molecule has 1 heteroatoms. The zero-order valence-corrected chi connectivity index (χ0v) is 11.2. The van der Waals surface area contributed by atoms with Crippen LogP contribution in [-0.4, -0.2) is 30.2 Å². The lowest BCUT2D eigenvalue weighted by atomic mass is 9.72. The zero-order valence-electron chi connectivity index (χ0n) is 11.2. The quantitative estimate of drug-likeness (QED) is 0.582. The van der Waals surface area contributed by atoms with Crippen molar-refractivity contribution in [3.05, 3.63) is 0 Å². The molecule has 0 spiro atoms. The van der Waals surface area contributed by atoms with E-state index in [1.54, 1.807) is 0 Å². The summed E-state index contributed by atoms with van der Waals surface area (Å²) in [5.41, 5.74) is 0.528. The van der Waals surface area contributed by atoms with E-state index in [1.165, 1.54) is 36.7 Å². The second-order valence-corrected chi connectivity index (χ2v) is 7.08. The van der Waals surface area contributed by atoms with Crippen LogP contribution in [0.15, 0.2) is 0 Å². The van der Waals surface area contributed by atoms with Gasteiger partial charge in [-0.15, -0.1) is 0 Å². The lowest BCUT2D eigenvalue weighted by molar-refractivity contribution is -0.948. The molecule has 0 radical (unpaired) electrons. The molecular formula is C14H28N+. The first kappa shape index (κ1) is 11.4. The fraction of sp³-hybridized carbons (Fsp3) is 1.00. The summed E-state index contributed by atoms with van der Waals surface area (Å²) in [6.07, 6.45) is 5.93. The Balaban J connectivity index is 2.15. The van der Waals surface area contributed by atoms with Crippen molar-refractivity contribution in [1.29, 1.82) is 0 Å². The first-order chi connectivity index (χ1) is 6.88. The van der Waals surface area contributed by atoms with Gasteiger partial charge in [0.25, 0.3) is 0 Å². The molecule has 15 heavy (non-hydrogen) atoms. The van der Waals surface area contributed by atoms with Gasteiger partial charge in [0, 0.05) is 25.7 Å². The number of piperidine rings is 1. The molecule has 88 valence electrons. The summed E-state index contributed by atoms with van der Waals surface area (Å²) in [6, 6.07) is 1.94. The van der Waals surface area contributed by atoms with Crippen molar-refractivity contribution < 1.29 is 4.48 Å². The van der Waals surface area contributed by atoms with Crippen LogP contribution >= 0.6 is 0 Å². The molecule has 0 aromatic rings. The highest BCUT2D eigenvalue weighted by molar-refractivity contribution is 4.90. The molecule has 2 rings (SSSR count). The summed E-state index contributed by atoms with van der Waals surface area (Å²) in [5.74, 6) is 0.966. The van der Waals surface area contributed by atoms with Gasteiger partial charge in [0.15, 0.2) is 0 Å². The molecule has 2 saturated heterocycles. The van der Waals surface area contributed by atoms with Crippen molar-refractivity contribution in [2.24, 2.45) is 11.3 Å². The Bertz CT molecular complexity index is 224. The Morgan fingerprint density at radius 2 is 1.53 bits per heavy atom. The van der Waals surface area contributed by atoms with Gasteiger partial charge in [-0.1, -0.05) is 20.8 Å². The Hall–Kier alpha value is -0.0400. The van der Waals surface area contributed by atoms with Gasteiger partial charge in [-0.25, -0.2) is 0 Å². The van der Waals surface area contributed by atoms with E-state index in [0.29, 0.717) is 5.41 Å². The topological polar surface area (TPSA) is 0 Å². The molecule has 2 aliphatic heterocycles. The minimum atomic E-state index is 0.528. The molecular weight excluding hydrogens is 182 g/mol. The number of hydrogen-bond donors (Lipinski definition) is 0. The maximum absolute atomic E-state index is 2.50. The van der Waals surface area contributed by atoms with E-state index in [-0.39, 0.29) is 0 Å². The van der Waals surface area contributed by atoms with Crippen molar-refractivity contribution in [2.75, 3.05) is 13.6 Å². The number of quaternary nitrogens is 1. The average Bonchev–Trinajstić information content (AvgIpc) is 2.39. The van der Waals surface area contributed by atoms with Gasteiger partial charge in [-0.05, 0) is 18.3 Å². The van der Waals surface area contributed by atoms with Gasteiger partial charge in [0.05, 0.1) is 25.7 Å². The van der Waals surface area contributed by atoms with Crippen LogP contribution in [0.3, 0.4) is 0 Å². The fourth-order valence-electron chi connectivity index (χ4n) is 3.97. The second kappa shape index (κ2) is 3.48. The van der Waals surface area contributed by atoms with Crippen LogP contribution in [0, 0.1) is 11.3 Å². The van der Waals surface area contributed by atoms with Crippen LogP contribution < -0.4 is 0 Å². The van der Waals surface area contributed by atoms with Crippen LogP contribution in [0.5, 0.6) is 0 Å². The lowest BCUT2D eigenvalue weighted by Crippen LogP contribution is -2.58. The Kier molecular flexibility index (Phi) is 2.65. The van der Waals surface area contributed by atoms with E-state index in [9.17, 15) is 0 Å². The van der Waals surface area contributed by atoms with Crippen LogP contribution in [0.4, 0.5) is 0 Å². The van der Waals surface area contributed by atoms with Crippen LogP contribution in [0.2, 0.25) is 0 Å². The summed E-state index contributed by atoms with van der Waals surface area (Å²) in [5, 5.41) is 0. The Morgan fingerprint density at radius 3 is 1.87 bits per heavy atom. The van der Waals surface area contributed by atoms with Gasteiger partial charge < -0.3 is 4.48 Å². The molecule has 0 aromatic carbocycles. The standard InChI is InChI=1S/C14H28N/c1-6-15(5)12-7-8-13(15)10-11(9-12)14(2,3)4/h11-13H,6-10H2,1-5H3/q+1. The molecule has 2 fully saturated rings. The number of fused-ring (bicyclic) bond motifs is 2. The molecule has 2 atom stereocenters. The summed E-state index contributed by atoms with van der Waals surface area (Å²) in [6.45, 7) is 11.0. The lowest BCUT2D eigenvalue weighted by Gasteiger charge is -2.49. The van der Waals surface area contributed by atoms with E-state index < -0.39 is 0 Å². The van der Waals surface area contributed by atoms with E-state index in [2.05, 4.69) is 34.7 Å². The monoisotopic (exact) mass is 210 g/mol. The maximum atomic E-state index is 2.50. The third kappa shape index (κ3) is 1.73. The predicted octanol–water partition coefficient (Wildman–Crippen LogP) is 3.44. The summed E-state index contributed by atoms with van der Waals surface area (Å²) < 4.78 is 1.38. The summed E-state index contributed by atoms with van der Waals surface area (Å²) in [4.78, 5) is 0. The molecule has 0 N–H and O–H groups in total. The molecule has 2 unspecified atom stereocenters. The highest BCUT2D eigenvalue weighted by atomic mass is 15.4. The molecule has 2 aliphatic rings. The predicted molar refractivity (Wildman–Crippen MR) is 65.7 cm³/mol. The van der Waals surface area contributed by atoms with Gasteiger partial charge in [-0.3, -0.25) is 0 Å². The molecule has 2 bridgehead atoms. The van der Waals surface area contributed by atoms with Crippen molar-refractivity contribution in [3.63, 3.8) is 0 Å². The van der Waals surface area contributed by atoms with E-state index >= 15 is 0 Å². The van der Waals surface area contributed by atoms with Crippen molar-refractivity contribution in [2.45, 2.75) is 65.5 Å². The largest absolute Gasteiger partial charge is 0.321 e. The molecule has 0 saturated carbocycles. The van der Waals surface area contributed by atoms with E-state index in [0.717, 1.165) is 18.0 Å². The Morgan fingerprint density at radius 1 is 1.07 bits per heavy atom. The molecule has 1 nitrogen and oxygen atoms in total. The summed E-state index contributed by atoms with van der Waals surface area (Å²) >= 11 is 0. The molecule has 0 aliphatic carbocycles. The molecule has 0 amide bonds.